The maximum atomic E-state index is 14.1. The van der Waals surface area contributed by atoms with Crippen molar-refractivity contribution in [1.82, 2.24) is 20.4 Å². The summed E-state index contributed by atoms with van der Waals surface area (Å²) in [6.45, 7) is 3.60. The molecule has 2 unspecified atom stereocenters. The lowest BCUT2D eigenvalue weighted by molar-refractivity contribution is 0.0932. The maximum absolute atomic E-state index is 14.1. The van der Waals surface area contributed by atoms with Crippen molar-refractivity contribution in [3.63, 3.8) is 0 Å². The Balaban J connectivity index is 0.00000243. The molecule has 3 rings (SSSR count). The molecule has 1 aliphatic heterocycles. The Morgan fingerprint density at radius 1 is 1.46 bits per heavy atom. The highest BCUT2D eigenvalue weighted by Crippen LogP contribution is 2.27. The molecule has 0 saturated carbocycles. The summed E-state index contributed by atoms with van der Waals surface area (Å²) in [4.78, 5) is 12.5. The summed E-state index contributed by atoms with van der Waals surface area (Å²) in [5.74, 6) is -0.335. The van der Waals surface area contributed by atoms with Crippen molar-refractivity contribution in [3.05, 3.63) is 47.5 Å². The molecular weight excluding hydrogens is 359 g/mol. The third-order valence-electron chi connectivity index (χ3n) is 4.50. The monoisotopic (exact) mass is 382 g/mol. The number of benzene rings is 1. The van der Waals surface area contributed by atoms with E-state index in [1.165, 1.54) is 13.2 Å². The van der Waals surface area contributed by atoms with E-state index < -0.39 is 11.9 Å². The fourth-order valence-electron chi connectivity index (χ4n) is 3.18. The Hall–Kier alpha value is -2.12. The molecule has 0 bridgehead atoms. The molecule has 0 aliphatic carbocycles. The third-order valence-corrected chi connectivity index (χ3v) is 4.50. The van der Waals surface area contributed by atoms with E-state index >= 15 is 0 Å². The molecule has 26 heavy (non-hydrogen) atoms. The number of amides is 1. The standard InChI is InChI=1S/C18H23FN4O2.ClH/c1-12(17-14(19)6-3-7-16(17)25-2)21-18(24)15-8-10-23(22-15)13-5-4-9-20-11-13;/h3,6-8,10,12-13,20H,4-5,9,11H2,1-2H3,(H,21,24);1H. The SMILES string of the molecule is COc1cccc(F)c1C(C)NC(=O)c1ccn(C2CCCNC2)n1.Cl. The fraction of sp³-hybridized carbons (Fsp3) is 0.444. The molecule has 0 radical (unpaired) electrons. The number of nitrogens with one attached hydrogen (secondary N) is 2. The van der Waals surface area contributed by atoms with Crippen molar-refractivity contribution < 1.29 is 13.9 Å². The number of ether oxygens (including phenoxy) is 1. The van der Waals surface area contributed by atoms with E-state index in [9.17, 15) is 9.18 Å². The van der Waals surface area contributed by atoms with E-state index in [1.807, 2.05) is 10.9 Å². The number of hydrogen-bond acceptors (Lipinski definition) is 4. The number of aromatic nitrogens is 2. The van der Waals surface area contributed by atoms with Crippen molar-refractivity contribution in [2.75, 3.05) is 20.2 Å². The van der Waals surface area contributed by atoms with E-state index in [2.05, 4.69) is 15.7 Å². The number of nitrogens with zero attached hydrogens (tertiary/aromatic N) is 2. The van der Waals surface area contributed by atoms with Crippen LogP contribution in [0.25, 0.3) is 0 Å². The van der Waals surface area contributed by atoms with Crippen molar-refractivity contribution in [2.24, 2.45) is 0 Å². The van der Waals surface area contributed by atoms with Gasteiger partial charge in [-0.2, -0.15) is 5.10 Å². The lowest BCUT2D eigenvalue weighted by Gasteiger charge is -2.23. The van der Waals surface area contributed by atoms with Gasteiger partial charge in [-0.15, -0.1) is 12.4 Å². The van der Waals surface area contributed by atoms with Gasteiger partial charge in [-0.3, -0.25) is 9.48 Å². The lowest BCUT2D eigenvalue weighted by atomic mass is 10.1. The van der Waals surface area contributed by atoms with E-state index in [0.717, 1.165) is 25.9 Å². The summed E-state index contributed by atoms with van der Waals surface area (Å²) in [6.07, 6.45) is 3.95. The normalized spacial score (nSPS) is 17.9. The average molecular weight is 383 g/mol. The van der Waals surface area contributed by atoms with Gasteiger partial charge in [0.1, 0.15) is 17.3 Å². The molecule has 1 aliphatic rings. The first kappa shape index (κ1) is 20.2. The summed E-state index contributed by atoms with van der Waals surface area (Å²) in [7, 11) is 1.48. The van der Waals surface area contributed by atoms with Crippen molar-refractivity contribution in [2.45, 2.75) is 31.8 Å². The highest BCUT2D eigenvalue weighted by molar-refractivity contribution is 5.92. The van der Waals surface area contributed by atoms with Gasteiger partial charge >= 0.3 is 0 Å². The third kappa shape index (κ3) is 4.34. The molecule has 1 amide bonds. The summed E-state index contributed by atoms with van der Waals surface area (Å²) < 4.78 is 21.2. The number of halogens is 2. The second kappa shape index (κ2) is 9.00. The topological polar surface area (TPSA) is 68.2 Å². The number of rotatable bonds is 5. The second-order valence-corrected chi connectivity index (χ2v) is 6.23. The first-order valence-corrected chi connectivity index (χ1v) is 8.49. The minimum absolute atomic E-state index is 0. The quantitative estimate of drug-likeness (QED) is 0.834. The van der Waals surface area contributed by atoms with E-state index in [1.54, 1.807) is 25.1 Å². The molecule has 6 nitrogen and oxygen atoms in total. The zero-order valence-electron chi connectivity index (χ0n) is 14.9. The molecule has 1 aromatic heterocycles. The predicted octanol–water partition coefficient (Wildman–Crippen LogP) is 2.87. The Kier molecular flexibility index (Phi) is 6.99. The second-order valence-electron chi connectivity index (χ2n) is 6.23. The fourth-order valence-corrected chi connectivity index (χ4v) is 3.18. The Bertz CT molecular complexity index is 747. The number of hydrogen-bond donors (Lipinski definition) is 2. The molecule has 2 N–H and O–H groups in total. The van der Waals surface area contributed by atoms with Gasteiger partial charge in [0.2, 0.25) is 0 Å². The van der Waals surface area contributed by atoms with Gasteiger partial charge in [0.25, 0.3) is 5.91 Å². The lowest BCUT2D eigenvalue weighted by Crippen LogP contribution is -2.32. The maximum Gasteiger partial charge on any atom is 0.272 e. The van der Waals surface area contributed by atoms with Crippen molar-refractivity contribution in [3.8, 4) is 5.75 Å². The van der Waals surface area contributed by atoms with Crippen molar-refractivity contribution >= 4 is 18.3 Å². The Morgan fingerprint density at radius 2 is 2.27 bits per heavy atom. The summed E-state index contributed by atoms with van der Waals surface area (Å²) in [5, 5.41) is 10.5. The van der Waals surface area contributed by atoms with Crippen LogP contribution in [0.1, 0.15) is 47.9 Å². The minimum Gasteiger partial charge on any atom is -0.496 e. The number of carbonyl (C=O) groups is 1. The molecule has 8 heteroatoms. The zero-order valence-corrected chi connectivity index (χ0v) is 15.7. The molecule has 2 aromatic rings. The summed E-state index contributed by atoms with van der Waals surface area (Å²) in [6, 6.07) is 6.02. The van der Waals surface area contributed by atoms with Crippen LogP contribution in [0.4, 0.5) is 4.39 Å². The van der Waals surface area contributed by atoms with Crippen LogP contribution in [0, 0.1) is 5.82 Å². The average Bonchev–Trinajstić information content (AvgIpc) is 3.12. The van der Waals surface area contributed by atoms with Crippen LogP contribution >= 0.6 is 12.4 Å². The van der Waals surface area contributed by atoms with Crippen LogP contribution in [-0.4, -0.2) is 35.9 Å². The molecule has 1 saturated heterocycles. The molecule has 2 heterocycles. The van der Waals surface area contributed by atoms with E-state index in [4.69, 9.17) is 4.74 Å². The van der Waals surface area contributed by atoms with Crippen LogP contribution in [-0.2, 0) is 0 Å². The van der Waals surface area contributed by atoms with Gasteiger partial charge in [0.15, 0.2) is 0 Å². The van der Waals surface area contributed by atoms with Crippen molar-refractivity contribution in [1.29, 1.82) is 0 Å². The molecule has 2 atom stereocenters. The highest BCUT2D eigenvalue weighted by Gasteiger charge is 2.21. The minimum atomic E-state index is -0.537. The first-order valence-electron chi connectivity index (χ1n) is 8.49. The first-order chi connectivity index (χ1) is 12.1. The summed E-state index contributed by atoms with van der Waals surface area (Å²) in [5.41, 5.74) is 0.655. The van der Waals surface area contributed by atoms with Crippen LogP contribution < -0.4 is 15.4 Å². The van der Waals surface area contributed by atoms with Crippen LogP contribution in [0.5, 0.6) is 5.75 Å². The van der Waals surface area contributed by atoms with Crippen LogP contribution in [0.3, 0.4) is 0 Å². The number of carbonyl (C=O) groups excluding carboxylic acids is 1. The Labute approximate surface area is 158 Å². The molecular formula is C18H24ClFN4O2. The highest BCUT2D eigenvalue weighted by atomic mass is 35.5. The molecule has 0 spiro atoms. The van der Waals surface area contributed by atoms with E-state index in [-0.39, 0.29) is 24.4 Å². The van der Waals surface area contributed by atoms with Gasteiger partial charge in [0, 0.05) is 12.7 Å². The van der Waals surface area contributed by atoms with Gasteiger partial charge in [-0.1, -0.05) is 6.07 Å². The van der Waals surface area contributed by atoms with Crippen LogP contribution in [0.2, 0.25) is 0 Å². The molecule has 1 aromatic carbocycles. The van der Waals surface area contributed by atoms with Gasteiger partial charge in [0.05, 0.1) is 24.8 Å². The largest absolute Gasteiger partial charge is 0.496 e. The molecule has 1 fully saturated rings. The smallest absolute Gasteiger partial charge is 0.272 e. The Morgan fingerprint density at radius 3 is 2.96 bits per heavy atom. The van der Waals surface area contributed by atoms with Crippen LogP contribution in [0.15, 0.2) is 30.5 Å². The van der Waals surface area contributed by atoms with Gasteiger partial charge in [-0.25, -0.2) is 4.39 Å². The number of methoxy groups -OCH3 is 1. The predicted molar refractivity (Wildman–Crippen MR) is 99.4 cm³/mol. The number of piperidine rings is 1. The van der Waals surface area contributed by atoms with E-state index in [0.29, 0.717) is 17.0 Å². The summed E-state index contributed by atoms with van der Waals surface area (Å²) >= 11 is 0. The zero-order chi connectivity index (χ0) is 17.8. The van der Waals surface area contributed by atoms with Gasteiger partial charge in [-0.05, 0) is 44.5 Å². The molecule has 142 valence electrons. The van der Waals surface area contributed by atoms with Gasteiger partial charge < -0.3 is 15.4 Å².